The van der Waals surface area contributed by atoms with Crippen LogP contribution in [0.5, 0.6) is 0 Å². The van der Waals surface area contributed by atoms with Gasteiger partial charge in [-0.05, 0) is 24.1 Å². The average Bonchev–Trinajstić information content (AvgIpc) is 3.07. The molecule has 8 heteroatoms. The summed E-state index contributed by atoms with van der Waals surface area (Å²) >= 11 is 6.06. The smallest absolute Gasteiger partial charge is 0.243 e. The maximum Gasteiger partial charge on any atom is 0.243 e. The summed E-state index contributed by atoms with van der Waals surface area (Å²) in [7, 11) is 5.42. The van der Waals surface area contributed by atoms with Gasteiger partial charge in [-0.2, -0.15) is 0 Å². The van der Waals surface area contributed by atoms with E-state index < -0.39 is 0 Å². The maximum absolute atomic E-state index is 11.9. The molecule has 1 aliphatic rings. The van der Waals surface area contributed by atoms with Crippen molar-refractivity contribution in [1.82, 2.24) is 15.1 Å². The fraction of sp³-hybridized carbons (Fsp3) is 0.556. The van der Waals surface area contributed by atoms with Gasteiger partial charge in [-0.3, -0.25) is 4.79 Å². The number of nitrogens with zero attached hydrogens (tertiary/aromatic N) is 3. The van der Waals surface area contributed by atoms with E-state index in [2.05, 4.69) is 10.3 Å². The van der Waals surface area contributed by atoms with Crippen LogP contribution in [0.4, 0.5) is 0 Å². The van der Waals surface area contributed by atoms with Gasteiger partial charge in [-0.25, -0.2) is 4.99 Å². The number of rotatable bonds is 6. The van der Waals surface area contributed by atoms with E-state index in [4.69, 9.17) is 16.3 Å². The number of aliphatic imine (C=N–C) groups is 1. The van der Waals surface area contributed by atoms with E-state index in [1.165, 1.54) is 0 Å². The third kappa shape index (κ3) is 7.67. The lowest BCUT2D eigenvalue weighted by Gasteiger charge is -2.24. The molecule has 1 aromatic rings. The summed E-state index contributed by atoms with van der Waals surface area (Å²) < 4.78 is 5.42. The number of guanidine groups is 1. The third-order valence-electron chi connectivity index (χ3n) is 4.11. The number of benzene rings is 1. The Morgan fingerprint density at radius 3 is 2.77 bits per heavy atom. The van der Waals surface area contributed by atoms with Gasteiger partial charge in [0, 0.05) is 51.8 Å². The van der Waals surface area contributed by atoms with Crippen molar-refractivity contribution in [3.8, 4) is 0 Å². The Morgan fingerprint density at radius 2 is 2.15 bits per heavy atom. The van der Waals surface area contributed by atoms with Gasteiger partial charge in [-0.1, -0.05) is 23.7 Å². The highest BCUT2D eigenvalue weighted by Crippen LogP contribution is 2.13. The topological polar surface area (TPSA) is 57.2 Å². The Morgan fingerprint density at radius 1 is 1.38 bits per heavy atom. The Kier molecular flexibility index (Phi) is 10.3. The molecule has 6 nitrogen and oxygen atoms in total. The van der Waals surface area contributed by atoms with Gasteiger partial charge < -0.3 is 19.9 Å². The van der Waals surface area contributed by atoms with Crippen LogP contribution in [0.15, 0.2) is 29.3 Å². The lowest BCUT2D eigenvalue weighted by atomic mass is 10.1. The summed E-state index contributed by atoms with van der Waals surface area (Å²) in [6.07, 6.45) is 1.05. The average molecular weight is 495 g/mol. The van der Waals surface area contributed by atoms with Crippen molar-refractivity contribution in [3.05, 3.63) is 34.9 Å². The summed E-state index contributed by atoms with van der Waals surface area (Å²) in [6.45, 7) is 3.15. The molecule has 1 N–H and O–H groups in total. The summed E-state index contributed by atoms with van der Waals surface area (Å²) in [5, 5.41) is 4.09. The van der Waals surface area contributed by atoms with Gasteiger partial charge >= 0.3 is 0 Å². The molecule has 1 unspecified atom stereocenters. The number of amides is 1. The molecule has 0 radical (unpaired) electrons. The highest BCUT2D eigenvalue weighted by Gasteiger charge is 2.17. The molecule has 1 aliphatic heterocycles. The van der Waals surface area contributed by atoms with Gasteiger partial charge in [0.25, 0.3) is 0 Å². The van der Waals surface area contributed by atoms with E-state index in [-0.39, 0.29) is 36.4 Å². The van der Waals surface area contributed by atoms with Gasteiger partial charge in [0.15, 0.2) is 5.96 Å². The van der Waals surface area contributed by atoms with Crippen LogP contribution in [0, 0.1) is 5.92 Å². The first-order chi connectivity index (χ1) is 12.0. The highest BCUT2D eigenvalue weighted by molar-refractivity contribution is 14.0. The minimum atomic E-state index is -0.0281. The maximum atomic E-state index is 11.9. The number of ether oxygens (including phenoxy) is 1. The third-order valence-corrected chi connectivity index (χ3v) is 4.34. The molecule has 0 bridgehead atoms. The molecule has 26 heavy (non-hydrogen) atoms. The van der Waals surface area contributed by atoms with Crippen molar-refractivity contribution >= 4 is 47.4 Å². The highest BCUT2D eigenvalue weighted by atomic mass is 127. The molecule has 0 aromatic heterocycles. The Hall–Kier alpha value is -1.06. The number of nitrogens with one attached hydrogen (secondary N) is 1. The SMILES string of the molecule is CN(C)C(=O)CN=C(NCC1CCOC1)N(C)Cc1cccc(Cl)c1.I. The minimum Gasteiger partial charge on any atom is -0.381 e. The molecule has 1 amide bonds. The minimum absolute atomic E-state index is 0. The van der Waals surface area contributed by atoms with E-state index in [0.29, 0.717) is 23.4 Å². The largest absolute Gasteiger partial charge is 0.381 e. The summed E-state index contributed by atoms with van der Waals surface area (Å²) in [6, 6.07) is 7.75. The van der Waals surface area contributed by atoms with Crippen molar-refractivity contribution in [1.29, 1.82) is 0 Å². The van der Waals surface area contributed by atoms with E-state index in [0.717, 1.165) is 31.7 Å². The zero-order valence-corrected chi connectivity index (χ0v) is 18.7. The van der Waals surface area contributed by atoms with Crippen molar-refractivity contribution < 1.29 is 9.53 Å². The Labute approximate surface area is 177 Å². The van der Waals surface area contributed by atoms with Gasteiger partial charge in [0.1, 0.15) is 6.54 Å². The van der Waals surface area contributed by atoms with Gasteiger partial charge in [-0.15, -0.1) is 24.0 Å². The predicted octanol–water partition coefficient (Wildman–Crippen LogP) is 2.46. The molecule has 0 saturated carbocycles. The van der Waals surface area contributed by atoms with Gasteiger partial charge in [0.05, 0.1) is 6.61 Å². The van der Waals surface area contributed by atoms with Crippen LogP contribution in [0.3, 0.4) is 0 Å². The van der Waals surface area contributed by atoms with Gasteiger partial charge in [0.2, 0.25) is 5.91 Å². The quantitative estimate of drug-likeness (QED) is 0.375. The molecular formula is C18H28ClIN4O2. The van der Waals surface area contributed by atoms with E-state index in [1.54, 1.807) is 19.0 Å². The Balaban J connectivity index is 0.00000338. The van der Waals surface area contributed by atoms with Crippen molar-refractivity contribution in [3.63, 3.8) is 0 Å². The fourth-order valence-electron chi connectivity index (χ4n) is 2.56. The lowest BCUT2D eigenvalue weighted by Crippen LogP contribution is -2.41. The summed E-state index contributed by atoms with van der Waals surface area (Å²) in [5.41, 5.74) is 1.09. The zero-order chi connectivity index (χ0) is 18.2. The van der Waals surface area contributed by atoms with Crippen LogP contribution in [0.1, 0.15) is 12.0 Å². The van der Waals surface area contributed by atoms with Crippen LogP contribution < -0.4 is 5.32 Å². The van der Waals surface area contributed by atoms with Crippen LogP contribution in [-0.2, 0) is 16.1 Å². The van der Waals surface area contributed by atoms with E-state index in [1.807, 2.05) is 36.2 Å². The second kappa shape index (κ2) is 11.6. The lowest BCUT2D eigenvalue weighted by molar-refractivity contribution is -0.127. The molecule has 0 aliphatic carbocycles. The van der Waals surface area contributed by atoms with Crippen LogP contribution >= 0.6 is 35.6 Å². The van der Waals surface area contributed by atoms with Crippen molar-refractivity contribution in [2.24, 2.45) is 10.9 Å². The number of halogens is 2. The first-order valence-electron chi connectivity index (χ1n) is 8.47. The van der Waals surface area contributed by atoms with Crippen molar-refractivity contribution in [2.75, 3.05) is 47.4 Å². The van der Waals surface area contributed by atoms with Crippen LogP contribution in [-0.4, -0.2) is 69.1 Å². The molecule has 1 saturated heterocycles. The standard InChI is InChI=1S/C18H27ClN4O2.HI/c1-22(2)17(24)11-21-18(20-10-15-7-8-25-13-15)23(3)12-14-5-4-6-16(19)9-14;/h4-6,9,15H,7-8,10-13H2,1-3H3,(H,20,21);1H. The molecule has 2 rings (SSSR count). The molecular weight excluding hydrogens is 467 g/mol. The van der Waals surface area contributed by atoms with Crippen LogP contribution in [0.2, 0.25) is 5.02 Å². The second-order valence-corrected chi connectivity index (χ2v) is 6.96. The fourth-order valence-corrected chi connectivity index (χ4v) is 2.77. The normalized spacial score (nSPS) is 16.8. The monoisotopic (exact) mass is 494 g/mol. The Bertz CT molecular complexity index is 607. The molecule has 1 atom stereocenters. The second-order valence-electron chi connectivity index (χ2n) is 6.52. The number of hydrogen-bond donors (Lipinski definition) is 1. The molecule has 1 heterocycles. The predicted molar refractivity (Wildman–Crippen MR) is 116 cm³/mol. The first-order valence-corrected chi connectivity index (χ1v) is 8.85. The number of carbonyl (C=O) groups is 1. The summed E-state index contributed by atoms with van der Waals surface area (Å²) in [4.78, 5) is 19.9. The first kappa shape index (κ1) is 23.0. The molecule has 146 valence electrons. The molecule has 1 fully saturated rings. The van der Waals surface area contributed by atoms with Crippen molar-refractivity contribution in [2.45, 2.75) is 13.0 Å². The number of carbonyl (C=O) groups excluding carboxylic acids is 1. The van der Waals surface area contributed by atoms with E-state index >= 15 is 0 Å². The molecule has 0 spiro atoms. The van der Waals surface area contributed by atoms with E-state index in [9.17, 15) is 4.79 Å². The molecule has 1 aromatic carbocycles. The number of hydrogen-bond acceptors (Lipinski definition) is 3. The number of likely N-dealkylation sites (N-methyl/N-ethyl adjacent to an activating group) is 1. The zero-order valence-electron chi connectivity index (χ0n) is 15.6. The summed E-state index contributed by atoms with van der Waals surface area (Å²) in [5.74, 6) is 1.16. The van der Waals surface area contributed by atoms with Crippen LogP contribution in [0.25, 0.3) is 0 Å².